The van der Waals surface area contributed by atoms with Crippen molar-refractivity contribution < 1.29 is 4.74 Å². The molecule has 0 spiro atoms. The Bertz CT molecular complexity index is 760. The van der Waals surface area contributed by atoms with Crippen LogP contribution in [0, 0.1) is 0 Å². The Kier molecular flexibility index (Phi) is 7.73. The van der Waals surface area contributed by atoms with E-state index in [0.29, 0.717) is 27.5 Å². The fraction of sp³-hybridized carbons (Fsp3) is 0.111. The number of ether oxygens (including phenoxy) is 1. The molecular formula is C18H17Cl2N3OS. The van der Waals surface area contributed by atoms with Gasteiger partial charge in [0, 0.05) is 27.7 Å². The number of nitrogens with zero attached hydrogens (tertiary/aromatic N) is 1. The third-order valence-electron chi connectivity index (χ3n) is 3.13. The van der Waals surface area contributed by atoms with E-state index < -0.39 is 0 Å². The van der Waals surface area contributed by atoms with Crippen molar-refractivity contribution in [3.05, 3.63) is 76.3 Å². The first-order valence-electron chi connectivity index (χ1n) is 7.44. The first kappa shape index (κ1) is 19.2. The van der Waals surface area contributed by atoms with Gasteiger partial charge in [-0.1, -0.05) is 47.5 Å². The van der Waals surface area contributed by atoms with Gasteiger partial charge in [-0.05, 0) is 36.5 Å². The molecule has 25 heavy (non-hydrogen) atoms. The van der Waals surface area contributed by atoms with Gasteiger partial charge in [-0.25, -0.2) is 0 Å². The third-order valence-corrected chi connectivity index (χ3v) is 4.07. The SMILES string of the molecule is C=CCNC(=S)N/N=C\c1ccccc1OCc1c(Cl)cccc1Cl. The molecule has 130 valence electrons. The summed E-state index contributed by atoms with van der Waals surface area (Å²) in [5.41, 5.74) is 4.27. The molecule has 0 bridgehead atoms. The second kappa shape index (κ2) is 10.0. The van der Waals surface area contributed by atoms with E-state index in [-0.39, 0.29) is 6.61 Å². The van der Waals surface area contributed by atoms with Crippen LogP contribution in [0.25, 0.3) is 0 Å². The minimum Gasteiger partial charge on any atom is -0.488 e. The Morgan fingerprint density at radius 2 is 1.88 bits per heavy atom. The fourth-order valence-electron chi connectivity index (χ4n) is 1.90. The highest BCUT2D eigenvalue weighted by molar-refractivity contribution is 7.80. The summed E-state index contributed by atoms with van der Waals surface area (Å²) in [6, 6.07) is 12.9. The molecule has 0 fully saturated rings. The highest BCUT2D eigenvalue weighted by Gasteiger charge is 2.08. The molecule has 0 aliphatic heterocycles. The lowest BCUT2D eigenvalue weighted by molar-refractivity contribution is 0.306. The van der Waals surface area contributed by atoms with Crippen LogP contribution < -0.4 is 15.5 Å². The number of thiocarbonyl (C=S) groups is 1. The summed E-state index contributed by atoms with van der Waals surface area (Å²) >= 11 is 17.4. The molecule has 0 aliphatic carbocycles. The molecular weight excluding hydrogens is 377 g/mol. The monoisotopic (exact) mass is 393 g/mol. The second-order valence-electron chi connectivity index (χ2n) is 4.90. The van der Waals surface area contributed by atoms with Crippen molar-refractivity contribution in [2.45, 2.75) is 6.61 Å². The topological polar surface area (TPSA) is 45.7 Å². The molecule has 0 atom stereocenters. The highest BCUT2D eigenvalue weighted by Crippen LogP contribution is 2.26. The van der Waals surface area contributed by atoms with E-state index in [0.717, 1.165) is 11.1 Å². The van der Waals surface area contributed by atoms with E-state index in [4.69, 9.17) is 40.2 Å². The molecule has 4 nitrogen and oxygen atoms in total. The Morgan fingerprint density at radius 3 is 2.60 bits per heavy atom. The van der Waals surface area contributed by atoms with E-state index >= 15 is 0 Å². The van der Waals surface area contributed by atoms with Gasteiger partial charge in [0.2, 0.25) is 0 Å². The smallest absolute Gasteiger partial charge is 0.187 e. The van der Waals surface area contributed by atoms with Crippen molar-refractivity contribution in [3.63, 3.8) is 0 Å². The molecule has 0 saturated heterocycles. The number of halogens is 2. The van der Waals surface area contributed by atoms with Gasteiger partial charge in [-0.2, -0.15) is 5.10 Å². The van der Waals surface area contributed by atoms with Crippen LogP contribution in [0.5, 0.6) is 5.75 Å². The minimum absolute atomic E-state index is 0.260. The molecule has 2 rings (SSSR count). The average Bonchev–Trinajstić information content (AvgIpc) is 2.60. The predicted octanol–water partition coefficient (Wildman–Crippen LogP) is 4.56. The number of para-hydroxylation sites is 1. The van der Waals surface area contributed by atoms with Crippen LogP contribution in [-0.2, 0) is 6.61 Å². The van der Waals surface area contributed by atoms with Crippen molar-refractivity contribution >= 4 is 46.7 Å². The summed E-state index contributed by atoms with van der Waals surface area (Å²) in [6.45, 7) is 4.44. The Morgan fingerprint density at radius 1 is 1.16 bits per heavy atom. The van der Waals surface area contributed by atoms with Gasteiger partial charge >= 0.3 is 0 Å². The zero-order valence-electron chi connectivity index (χ0n) is 13.3. The Balaban J connectivity index is 2.03. The van der Waals surface area contributed by atoms with Crippen molar-refractivity contribution in [2.24, 2.45) is 5.10 Å². The first-order valence-corrected chi connectivity index (χ1v) is 8.60. The Labute approximate surface area is 162 Å². The standard InChI is InChI=1S/C18H17Cl2N3OS/c1-2-10-21-18(25)23-22-11-13-6-3-4-9-17(13)24-12-14-15(19)7-5-8-16(14)20/h2-9,11H,1,10,12H2,(H2,21,23,25)/b22-11-. The van der Waals surface area contributed by atoms with Crippen molar-refractivity contribution in [1.82, 2.24) is 10.7 Å². The molecule has 7 heteroatoms. The molecule has 0 unspecified atom stereocenters. The van der Waals surface area contributed by atoms with Crippen LogP contribution in [0.15, 0.2) is 60.2 Å². The molecule has 0 radical (unpaired) electrons. The summed E-state index contributed by atoms with van der Waals surface area (Å²) in [5.74, 6) is 0.661. The van der Waals surface area contributed by atoms with Gasteiger partial charge in [0.25, 0.3) is 0 Å². The molecule has 0 amide bonds. The molecule has 0 aromatic heterocycles. The van der Waals surface area contributed by atoms with Crippen molar-refractivity contribution in [3.8, 4) is 5.75 Å². The minimum atomic E-state index is 0.260. The summed E-state index contributed by atoms with van der Waals surface area (Å²) < 4.78 is 5.86. The first-order chi connectivity index (χ1) is 12.1. The number of hydrazone groups is 1. The third kappa shape index (κ3) is 6.05. The summed E-state index contributed by atoms with van der Waals surface area (Å²) in [6.07, 6.45) is 3.34. The maximum absolute atomic E-state index is 6.17. The number of hydrogen-bond acceptors (Lipinski definition) is 3. The maximum Gasteiger partial charge on any atom is 0.187 e. The average molecular weight is 394 g/mol. The van der Waals surface area contributed by atoms with E-state index in [2.05, 4.69) is 22.4 Å². The lowest BCUT2D eigenvalue weighted by Crippen LogP contribution is -2.31. The lowest BCUT2D eigenvalue weighted by atomic mass is 10.2. The van der Waals surface area contributed by atoms with Gasteiger partial charge in [-0.15, -0.1) is 6.58 Å². The molecule has 0 saturated carbocycles. The largest absolute Gasteiger partial charge is 0.488 e. The summed E-state index contributed by atoms with van der Waals surface area (Å²) in [4.78, 5) is 0. The molecule has 2 N–H and O–H groups in total. The van der Waals surface area contributed by atoms with Crippen LogP contribution in [-0.4, -0.2) is 17.9 Å². The van der Waals surface area contributed by atoms with Crippen LogP contribution in [0.2, 0.25) is 10.0 Å². The second-order valence-corrected chi connectivity index (χ2v) is 6.12. The number of rotatable bonds is 7. The summed E-state index contributed by atoms with van der Waals surface area (Å²) in [7, 11) is 0. The lowest BCUT2D eigenvalue weighted by Gasteiger charge is -2.11. The normalized spacial score (nSPS) is 10.5. The predicted molar refractivity (Wildman–Crippen MR) is 109 cm³/mol. The van der Waals surface area contributed by atoms with Crippen molar-refractivity contribution in [1.29, 1.82) is 0 Å². The summed E-state index contributed by atoms with van der Waals surface area (Å²) in [5, 5.41) is 8.57. The zero-order valence-corrected chi connectivity index (χ0v) is 15.7. The van der Waals surface area contributed by atoms with Crippen LogP contribution in [0.4, 0.5) is 0 Å². The fourth-order valence-corrected chi connectivity index (χ4v) is 2.55. The molecule has 0 aliphatic rings. The van der Waals surface area contributed by atoms with Gasteiger partial charge in [0.15, 0.2) is 5.11 Å². The number of hydrogen-bond donors (Lipinski definition) is 2. The van der Waals surface area contributed by atoms with E-state index in [1.54, 1.807) is 30.5 Å². The maximum atomic E-state index is 6.17. The van der Waals surface area contributed by atoms with Crippen LogP contribution in [0.1, 0.15) is 11.1 Å². The van der Waals surface area contributed by atoms with Gasteiger partial charge in [-0.3, -0.25) is 5.43 Å². The Hall–Kier alpha value is -2.08. The molecule has 2 aromatic carbocycles. The van der Waals surface area contributed by atoms with E-state index in [1.807, 2.05) is 24.3 Å². The zero-order chi connectivity index (χ0) is 18.1. The van der Waals surface area contributed by atoms with E-state index in [1.165, 1.54) is 0 Å². The molecule has 2 aromatic rings. The van der Waals surface area contributed by atoms with Crippen molar-refractivity contribution in [2.75, 3.05) is 6.54 Å². The van der Waals surface area contributed by atoms with Gasteiger partial charge < -0.3 is 10.1 Å². The molecule has 0 heterocycles. The quantitative estimate of drug-likeness (QED) is 0.313. The number of nitrogens with one attached hydrogen (secondary N) is 2. The van der Waals surface area contributed by atoms with Crippen LogP contribution in [0.3, 0.4) is 0 Å². The van der Waals surface area contributed by atoms with Crippen LogP contribution >= 0.6 is 35.4 Å². The van der Waals surface area contributed by atoms with Gasteiger partial charge in [0.05, 0.1) is 6.21 Å². The van der Waals surface area contributed by atoms with E-state index in [9.17, 15) is 0 Å². The van der Waals surface area contributed by atoms with Gasteiger partial charge in [0.1, 0.15) is 12.4 Å². The highest BCUT2D eigenvalue weighted by atomic mass is 35.5. The number of benzene rings is 2.